The Morgan fingerprint density at radius 2 is 2.32 bits per heavy atom. The van der Waals surface area contributed by atoms with Crippen LogP contribution in [0.15, 0.2) is 18.2 Å². The first-order chi connectivity index (χ1) is 9.16. The van der Waals surface area contributed by atoms with E-state index in [0.29, 0.717) is 5.69 Å². The molecule has 0 bridgehead atoms. The number of rotatable bonds is 2. The van der Waals surface area contributed by atoms with Crippen LogP contribution in [0.1, 0.15) is 36.0 Å². The van der Waals surface area contributed by atoms with Crippen LogP contribution in [0.2, 0.25) is 0 Å². The molecule has 1 atom stereocenters. The zero-order valence-corrected chi connectivity index (χ0v) is 12.5. The lowest BCUT2D eigenvalue weighted by Gasteiger charge is -2.23. The highest BCUT2D eigenvalue weighted by Gasteiger charge is 2.22. The molecule has 5 nitrogen and oxygen atoms in total. The van der Waals surface area contributed by atoms with Gasteiger partial charge in [0.15, 0.2) is 11.9 Å². The molecule has 2 N–H and O–H groups in total. The average molecular weight is 371 g/mol. The summed E-state index contributed by atoms with van der Waals surface area (Å²) >= 11 is 2.21. The smallest absolute Gasteiger partial charge is 0.269 e. The van der Waals surface area contributed by atoms with Crippen LogP contribution < -0.4 is 5.73 Å². The second-order valence-electron chi connectivity index (χ2n) is 4.64. The molecule has 1 fully saturated rings. The number of amides is 1. The van der Waals surface area contributed by atoms with Crippen LogP contribution in [0.4, 0.5) is 0 Å². The zero-order valence-electron chi connectivity index (χ0n) is 10.3. The number of benzene rings is 1. The summed E-state index contributed by atoms with van der Waals surface area (Å²) in [5, 5.41) is 5.17. The predicted molar refractivity (Wildman–Crippen MR) is 79.8 cm³/mol. The molecule has 0 radical (unpaired) electrons. The summed E-state index contributed by atoms with van der Waals surface area (Å²) in [7, 11) is 0. The van der Waals surface area contributed by atoms with E-state index in [1.165, 1.54) is 0 Å². The van der Waals surface area contributed by atoms with E-state index in [1.54, 1.807) is 4.68 Å². The van der Waals surface area contributed by atoms with Gasteiger partial charge in [0, 0.05) is 15.6 Å². The van der Waals surface area contributed by atoms with Gasteiger partial charge in [0.05, 0.1) is 5.52 Å². The van der Waals surface area contributed by atoms with Crippen molar-refractivity contribution in [2.45, 2.75) is 25.5 Å². The van der Waals surface area contributed by atoms with Crippen LogP contribution in [-0.2, 0) is 4.74 Å². The van der Waals surface area contributed by atoms with Crippen molar-refractivity contribution in [3.05, 3.63) is 27.5 Å². The van der Waals surface area contributed by atoms with Crippen molar-refractivity contribution >= 4 is 39.4 Å². The lowest BCUT2D eigenvalue weighted by Crippen LogP contribution is -2.20. The molecule has 2 heterocycles. The number of hydrogen-bond donors (Lipinski definition) is 1. The molecule has 100 valence electrons. The molecule has 1 aliphatic rings. The number of carbonyl (C=O) groups excluding carboxylic acids is 1. The molecule has 1 aliphatic heterocycles. The second kappa shape index (κ2) is 5.09. The van der Waals surface area contributed by atoms with Crippen molar-refractivity contribution in [1.29, 1.82) is 0 Å². The number of hydrogen-bond acceptors (Lipinski definition) is 3. The van der Waals surface area contributed by atoms with Gasteiger partial charge >= 0.3 is 0 Å². The minimum atomic E-state index is -0.499. The van der Waals surface area contributed by atoms with E-state index in [0.717, 1.165) is 40.3 Å². The normalized spacial score (nSPS) is 19.7. The molecule has 0 saturated carbocycles. The van der Waals surface area contributed by atoms with Crippen LogP contribution in [0.25, 0.3) is 10.9 Å². The van der Waals surface area contributed by atoms with Crippen LogP contribution in [0, 0.1) is 3.57 Å². The van der Waals surface area contributed by atoms with Gasteiger partial charge in [0.25, 0.3) is 5.91 Å². The van der Waals surface area contributed by atoms with Crippen molar-refractivity contribution in [3.8, 4) is 0 Å². The first-order valence-corrected chi connectivity index (χ1v) is 7.34. The van der Waals surface area contributed by atoms with Gasteiger partial charge in [-0.05, 0) is 60.1 Å². The third-order valence-corrected chi connectivity index (χ3v) is 4.00. The summed E-state index contributed by atoms with van der Waals surface area (Å²) in [6.45, 7) is 0.738. The number of nitrogens with two attached hydrogens (primary N) is 1. The SMILES string of the molecule is NC(=O)c1nn(C2CCCCO2)c2ccc(I)cc12. The Morgan fingerprint density at radius 3 is 3.00 bits per heavy atom. The summed E-state index contributed by atoms with van der Waals surface area (Å²) in [4.78, 5) is 11.5. The minimum absolute atomic E-state index is 0.0931. The molecule has 2 aromatic rings. The molecular formula is C13H14IN3O2. The van der Waals surface area contributed by atoms with Crippen LogP contribution in [0.3, 0.4) is 0 Å². The first-order valence-electron chi connectivity index (χ1n) is 6.26. The maximum absolute atomic E-state index is 11.5. The first kappa shape index (κ1) is 12.9. The third kappa shape index (κ3) is 2.34. The Morgan fingerprint density at radius 1 is 1.47 bits per heavy atom. The van der Waals surface area contributed by atoms with Crippen molar-refractivity contribution < 1.29 is 9.53 Å². The van der Waals surface area contributed by atoms with E-state index in [-0.39, 0.29) is 6.23 Å². The predicted octanol–water partition coefficient (Wildman–Crippen LogP) is 2.44. The molecule has 3 rings (SSSR count). The molecule has 1 aromatic carbocycles. The Bertz CT molecular complexity index is 632. The van der Waals surface area contributed by atoms with Gasteiger partial charge < -0.3 is 10.5 Å². The number of nitrogens with zero attached hydrogens (tertiary/aromatic N) is 2. The summed E-state index contributed by atoms with van der Waals surface area (Å²) in [5.74, 6) is -0.499. The highest BCUT2D eigenvalue weighted by molar-refractivity contribution is 14.1. The average Bonchev–Trinajstić information content (AvgIpc) is 2.78. The quantitative estimate of drug-likeness (QED) is 0.825. The standard InChI is InChI=1S/C13H14IN3O2/c14-8-4-5-10-9(7-8)12(13(15)18)16-17(10)11-3-1-2-6-19-11/h4-5,7,11H,1-3,6H2,(H2,15,18). The van der Waals surface area contributed by atoms with Crippen molar-refractivity contribution in [1.82, 2.24) is 9.78 Å². The lowest BCUT2D eigenvalue weighted by atomic mass is 10.1. The highest BCUT2D eigenvalue weighted by Crippen LogP contribution is 2.28. The van der Waals surface area contributed by atoms with Gasteiger partial charge in [-0.2, -0.15) is 5.10 Å². The zero-order chi connectivity index (χ0) is 13.4. The largest absolute Gasteiger partial charge is 0.364 e. The Hall–Kier alpha value is -1.15. The molecule has 0 spiro atoms. The van der Waals surface area contributed by atoms with Gasteiger partial charge in [-0.1, -0.05) is 0 Å². The van der Waals surface area contributed by atoms with Crippen molar-refractivity contribution in [3.63, 3.8) is 0 Å². The summed E-state index contributed by atoms with van der Waals surface area (Å²) < 4.78 is 8.59. The molecule has 1 aromatic heterocycles. The summed E-state index contributed by atoms with van der Waals surface area (Å²) in [6, 6.07) is 5.89. The lowest BCUT2D eigenvalue weighted by molar-refractivity contribution is -0.0367. The topological polar surface area (TPSA) is 70.1 Å². The number of ether oxygens (including phenoxy) is 1. The summed E-state index contributed by atoms with van der Waals surface area (Å²) in [6.07, 6.45) is 3.02. The van der Waals surface area contributed by atoms with E-state index in [1.807, 2.05) is 18.2 Å². The van der Waals surface area contributed by atoms with Gasteiger partial charge in [-0.25, -0.2) is 4.68 Å². The summed E-state index contributed by atoms with van der Waals surface area (Å²) in [5.41, 5.74) is 6.64. The Labute approximate surface area is 124 Å². The van der Waals surface area contributed by atoms with Gasteiger partial charge in [-0.3, -0.25) is 4.79 Å². The molecule has 6 heteroatoms. The molecule has 1 amide bonds. The van der Waals surface area contributed by atoms with Crippen molar-refractivity contribution in [2.75, 3.05) is 6.61 Å². The number of aromatic nitrogens is 2. The van der Waals surface area contributed by atoms with Crippen LogP contribution in [0.5, 0.6) is 0 Å². The molecule has 1 saturated heterocycles. The number of fused-ring (bicyclic) bond motifs is 1. The molecular weight excluding hydrogens is 357 g/mol. The highest BCUT2D eigenvalue weighted by atomic mass is 127. The van der Waals surface area contributed by atoms with E-state index in [2.05, 4.69) is 27.7 Å². The number of primary amides is 1. The third-order valence-electron chi connectivity index (χ3n) is 3.33. The molecule has 19 heavy (non-hydrogen) atoms. The number of carbonyl (C=O) groups is 1. The van der Waals surface area contributed by atoms with Gasteiger partial charge in [0.2, 0.25) is 0 Å². The minimum Gasteiger partial charge on any atom is -0.364 e. The van der Waals surface area contributed by atoms with Gasteiger partial charge in [0.1, 0.15) is 0 Å². The van der Waals surface area contributed by atoms with E-state index in [9.17, 15) is 4.79 Å². The fraction of sp³-hybridized carbons (Fsp3) is 0.385. The van der Waals surface area contributed by atoms with E-state index < -0.39 is 5.91 Å². The second-order valence-corrected chi connectivity index (χ2v) is 5.89. The molecule has 0 aliphatic carbocycles. The number of halogens is 1. The van der Waals surface area contributed by atoms with E-state index >= 15 is 0 Å². The maximum atomic E-state index is 11.5. The molecule has 1 unspecified atom stereocenters. The monoisotopic (exact) mass is 371 g/mol. The fourth-order valence-corrected chi connectivity index (χ4v) is 2.92. The fourth-order valence-electron chi connectivity index (χ4n) is 2.43. The maximum Gasteiger partial charge on any atom is 0.269 e. The van der Waals surface area contributed by atoms with Crippen molar-refractivity contribution in [2.24, 2.45) is 5.73 Å². The van der Waals surface area contributed by atoms with Crippen LogP contribution >= 0.6 is 22.6 Å². The Balaban J connectivity index is 2.16. The van der Waals surface area contributed by atoms with Crippen LogP contribution in [-0.4, -0.2) is 22.3 Å². The Kier molecular flexibility index (Phi) is 3.44. The van der Waals surface area contributed by atoms with Gasteiger partial charge in [-0.15, -0.1) is 0 Å². The van der Waals surface area contributed by atoms with E-state index in [4.69, 9.17) is 10.5 Å².